The highest BCUT2D eigenvalue weighted by Crippen LogP contribution is 2.38. The van der Waals surface area contributed by atoms with Crippen LogP contribution in [0.5, 0.6) is 34.9 Å². The van der Waals surface area contributed by atoms with Gasteiger partial charge in [0, 0.05) is 183 Å². The van der Waals surface area contributed by atoms with E-state index in [0.717, 1.165) is 121 Å². The smallest absolute Gasteiger partial charge is 0.312 e. The number of nitro groups is 3. The van der Waals surface area contributed by atoms with Crippen LogP contribution in [-0.2, 0) is 42.0 Å². The van der Waals surface area contributed by atoms with Crippen molar-refractivity contribution < 1.29 is 62.6 Å². The van der Waals surface area contributed by atoms with E-state index in [1.165, 1.54) is 85.9 Å². The van der Waals surface area contributed by atoms with Crippen LogP contribution >= 0.6 is 52.1 Å². The van der Waals surface area contributed by atoms with Crippen LogP contribution in [0.25, 0.3) is 33.1 Å². The van der Waals surface area contributed by atoms with Gasteiger partial charge in [-0.25, -0.2) is 0 Å². The van der Waals surface area contributed by atoms with Crippen molar-refractivity contribution in [2.75, 3.05) is 145 Å². The maximum absolute atomic E-state index is 12.4. The Bertz CT molecular complexity index is 5840. The van der Waals surface area contributed by atoms with E-state index in [0.29, 0.717) is 68.8 Å². The van der Waals surface area contributed by atoms with Crippen LogP contribution in [-0.4, -0.2) is 223 Å². The van der Waals surface area contributed by atoms with E-state index in [1.807, 2.05) is 36.4 Å². The highest BCUT2D eigenvalue weighted by atomic mass is 35.5. The number of nitrogens with two attached hydrogens (primary N) is 1. The fourth-order valence-corrected chi connectivity index (χ4v) is 15.2. The van der Waals surface area contributed by atoms with Gasteiger partial charge in [-0.05, 0) is 220 Å². The number of likely N-dealkylation sites (N-methyl/N-ethyl adjacent to an activating group) is 3. The Balaban J connectivity index is 0.000000223. The van der Waals surface area contributed by atoms with Crippen molar-refractivity contribution in [3.8, 4) is 34.9 Å². The molecule has 6 aromatic carbocycles. The van der Waals surface area contributed by atoms with Crippen molar-refractivity contribution in [1.29, 1.82) is 0 Å². The van der Waals surface area contributed by atoms with Crippen molar-refractivity contribution in [3.05, 3.63) is 218 Å². The van der Waals surface area contributed by atoms with Crippen molar-refractivity contribution in [2.45, 2.75) is 132 Å². The molecule has 4 aliphatic heterocycles. The number of ether oxygens (including phenoxy) is 7. The molecule has 6 N–H and O–H groups in total. The van der Waals surface area contributed by atoms with Crippen LogP contribution in [0.3, 0.4) is 0 Å². The highest BCUT2D eigenvalue weighted by molar-refractivity contribution is 7.59. The molecule has 0 aliphatic carbocycles. The van der Waals surface area contributed by atoms with Gasteiger partial charge in [0.25, 0.3) is 17.1 Å². The summed E-state index contributed by atoms with van der Waals surface area (Å²) in [5.41, 5.74) is 11.6. The minimum Gasteiger partial charge on any atom is -0.443 e. The molecule has 0 saturated carbocycles. The van der Waals surface area contributed by atoms with Gasteiger partial charge >= 0.3 is 11.9 Å². The lowest BCUT2D eigenvalue weighted by molar-refractivity contribution is -0.385. The molecular formula is C95H126ClN21O16S3. The number of hydrogen-bond donors (Lipinski definition) is 5. The van der Waals surface area contributed by atoms with Crippen LogP contribution in [0.1, 0.15) is 100 Å². The lowest BCUT2D eigenvalue weighted by atomic mass is 9.97. The number of H-pyrrole nitrogens is 1. The number of carbonyl (C=O) groups excluding carboxylic acids is 2. The van der Waals surface area contributed by atoms with E-state index in [2.05, 4.69) is 141 Å². The van der Waals surface area contributed by atoms with Crippen LogP contribution in [0.15, 0.2) is 182 Å². The van der Waals surface area contributed by atoms with Crippen LogP contribution in [0.4, 0.5) is 63.1 Å². The van der Waals surface area contributed by atoms with E-state index in [1.54, 1.807) is 125 Å². The summed E-state index contributed by atoms with van der Waals surface area (Å²) in [6.07, 6.45) is 13.6. The van der Waals surface area contributed by atoms with Crippen LogP contribution in [0, 0.1) is 41.2 Å². The predicted molar refractivity (Wildman–Crippen MR) is 546 cm³/mol. The van der Waals surface area contributed by atoms with Gasteiger partial charge in [0.05, 0.1) is 66.6 Å². The molecule has 10 heterocycles. The molecule has 37 nitrogen and oxygen atoms in total. The van der Waals surface area contributed by atoms with Crippen LogP contribution in [0.2, 0.25) is 5.28 Å². The van der Waals surface area contributed by atoms with E-state index >= 15 is 0 Å². The maximum atomic E-state index is 12.4. The summed E-state index contributed by atoms with van der Waals surface area (Å²) in [6.45, 7) is 27.8. The molecule has 0 spiro atoms. The minimum atomic E-state index is -0.659. The molecule has 12 aromatic rings. The van der Waals surface area contributed by atoms with E-state index < -0.39 is 25.6 Å². The summed E-state index contributed by atoms with van der Waals surface area (Å²) >= 11 is 6.00. The number of aromatic amines is 1. The van der Waals surface area contributed by atoms with Crippen molar-refractivity contribution in [1.82, 2.24) is 58.7 Å². The third kappa shape index (κ3) is 30.8. The number of aliphatic hydroxyl groups excluding tert-OH is 1. The fraction of sp³-hybridized carbons (Fsp3) is 0.411. The summed E-state index contributed by atoms with van der Waals surface area (Å²) in [5, 5.41) is 48.6. The van der Waals surface area contributed by atoms with Gasteiger partial charge in [-0.3, -0.25) is 54.0 Å². The van der Waals surface area contributed by atoms with Gasteiger partial charge in [-0.1, -0.05) is 32.0 Å². The van der Waals surface area contributed by atoms with Gasteiger partial charge in [0.15, 0.2) is 24.8 Å². The molecular weight excluding hydrogens is 1820 g/mol. The normalized spacial score (nSPS) is 15.1. The highest BCUT2D eigenvalue weighted by Gasteiger charge is 2.31. The zero-order valence-electron chi connectivity index (χ0n) is 79.0. The number of rotatable bonds is 30. The number of methoxy groups -OCH3 is 1. The first-order valence-corrected chi connectivity index (χ1v) is 44.6. The number of halogens is 1. The molecule has 136 heavy (non-hydrogen) atoms. The van der Waals surface area contributed by atoms with Gasteiger partial charge in [-0.15, -0.1) is 0 Å². The lowest BCUT2D eigenvalue weighted by Crippen LogP contribution is -2.35. The Morgan fingerprint density at radius 1 is 0.522 bits per heavy atom. The summed E-state index contributed by atoms with van der Waals surface area (Å²) < 4.78 is 41.9. The predicted octanol–water partition coefficient (Wildman–Crippen LogP) is 18.2. The SMILES string of the molecule is C1CCOC1.CC(C)(C)C(=O)OCn1ccc2c(Oc3cccc([N+](=O)[O-])c3)nc(Cl)nc21.CCCN1CC[C@H](N(C)c2ccc(Nc3nc(Oc4cccc([N+](=O)[O-])c4)c4cc[nH]c4n3)cc2)C1.CCCN1CC[C@H](N(C)c2ccc(Nc3nc(Oc4cccc([N+](=O)[O-])c4)c4ccn(COC(=O)C(C)(C)C)c4n3)cc2)C1.CO.COCCN1CC[C@H](N(C)c2ccc(N)cc2)C1.S.S.S. The molecule has 0 radical (unpaired) electrons. The molecule has 3 atom stereocenters. The number of nitro benzene ring substituents is 3. The quantitative estimate of drug-likeness (QED) is 0.00917. The molecule has 0 unspecified atom stereocenters. The molecule has 0 bridgehead atoms. The lowest BCUT2D eigenvalue weighted by Gasteiger charge is -2.27. The zero-order chi connectivity index (χ0) is 95.5. The first-order chi connectivity index (χ1) is 63.9. The number of anilines is 8. The topological polar surface area (TPSA) is 421 Å². The molecule has 4 saturated heterocycles. The molecule has 6 aromatic heterocycles. The number of nitrogen functional groups attached to an aromatic ring is 1. The Morgan fingerprint density at radius 3 is 1.27 bits per heavy atom. The van der Waals surface area contributed by atoms with E-state index in [9.17, 15) is 39.9 Å². The first kappa shape index (κ1) is 109. The standard InChI is InChI=1S/C32H39N7O5.C26H29N7O3.C18H17ClN4O5.C14H23N3O.C4H8O.CH4O.3H2S/c1-6-16-37-17-14-25(20-37)36(5)23-12-10-22(11-13-23)33-31-34-28-27(15-18-38(28)21-43-30(40)32(2,3)4)29(35-31)44-26-9-7-8-24(19-26)39(41)42;1-3-14-32-15-12-21(17-32)31(2)19-9-7-18(8-10-19)28-26-29-24-23(11-13-27-24)25(30-26)36-22-6-4-5-20(16-22)33(34)35;1-18(2,3)16(24)27-10-22-8-7-13-14(22)20-17(19)21-15(13)28-12-6-4-5-11(9-12)23(25)26;1-16(13-5-3-12(15)4-6-13)14-7-8-17(11-14)9-10-18-2;1-2-4-5-3-1;1-2;;;/h7-13,15,18-19,25H,6,14,16-17,20-21H2,1-5H3,(H,33,34,35);4-11,13,16,21H,3,12,14-15,17H2,1-2H3,(H2,27,28,29,30);4-9H,10H2,1-3H3;3-6,14H,7-11,15H2,1-2H3;1-4H2;2H,1H3;3*1H2/t25-;21-;;14-;;;;;/m00.0...../s1. The number of hydrogen-bond acceptors (Lipinski definition) is 31. The van der Waals surface area contributed by atoms with Crippen molar-refractivity contribution in [3.63, 3.8) is 0 Å². The van der Waals surface area contributed by atoms with Gasteiger partial charge in [-0.2, -0.15) is 70.4 Å². The molecule has 4 fully saturated rings. The van der Waals surface area contributed by atoms with Gasteiger partial charge in [0.1, 0.15) is 22.9 Å². The molecule has 4 aliphatic rings. The number of aliphatic hydroxyl groups is 1. The van der Waals surface area contributed by atoms with Crippen LogP contribution < -0.4 is 45.3 Å². The van der Waals surface area contributed by atoms with E-state index in [-0.39, 0.29) is 117 Å². The molecule has 16 rings (SSSR count). The summed E-state index contributed by atoms with van der Waals surface area (Å²) in [6, 6.07) is 48.9. The van der Waals surface area contributed by atoms with Crippen molar-refractivity contribution in [2.24, 2.45) is 10.8 Å². The first-order valence-electron chi connectivity index (χ1n) is 44.2. The zero-order valence-corrected chi connectivity index (χ0v) is 82.8. The number of benzene rings is 6. The van der Waals surface area contributed by atoms with Gasteiger partial charge < -0.3 is 84.1 Å². The second-order valence-corrected chi connectivity index (χ2v) is 34.6. The van der Waals surface area contributed by atoms with Gasteiger partial charge in [0.2, 0.25) is 34.8 Å². The molecule has 0 amide bonds. The number of carbonyl (C=O) groups is 2. The fourth-order valence-electron chi connectivity index (χ4n) is 15.0. The number of esters is 2. The third-order valence-corrected chi connectivity index (χ3v) is 22.6. The minimum absolute atomic E-state index is 0. The third-order valence-electron chi connectivity index (χ3n) is 22.4. The monoisotopic (exact) mass is 1950 g/mol. The Morgan fingerprint density at radius 2 is 0.897 bits per heavy atom. The number of nitrogens with one attached hydrogen (secondary N) is 3. The Kier molecular flexibility index (Phi) is 41.7. The summed E-state index contributed by atoms with van der Waals surface area (Å²) in [7, 11) is 9.21. The Hall–Kier alpha value is -12.4. The number of non-ortho nitro benzene ring substituents is 3. The number of nitrogens with zero attached hydrogens (tertiary/aromatic N) is 17. The number of aromatic nitrogens is 9. The summed E-state index contributed by atoms with van der Waals surface area (Å²) in [5.74, 6) is 1.37. The van der Waals surface area contributed by atoms with Crippen molar-refractivity contribution >= 4 is 160 Å². The second kappa shape index (κ2) is 52.1. The molecule has 41 heteroatoms. The average Bonchev–Trinajstić information content (AvgIpc) is 1.61. The second-order valence-electron chi connectivity index (χ2n) is 34.3. The summed E-state index contributed by atoms with van der Waals surface area (Å²) in [4.78, 5) is 101. The number of likely N-dealkylation sites (tertiary alicyclic amines) is 3. The largest absolute Gasteiger partial charge is 0.443 e. The average molecular weight is 1950 g/mol. The number of fused-ring (bicyclic) bond motifs is 3. The Labute approximate surface area is 817 Å². The molecule has 732 valence electrons. The van der Waals surface area contributed by atoms with E-state index in [4.69, 9.17) is 60.6 Å². The maximum Gasteiger partial charge on any atom is 0.312 e.